The maximum Gasteiger partial charge on any atom is 0.319 e. The first-order chi connectivity index (χ1) is 11.1. The standard InChI is InChI=1S/C16H22FN3O2S/c1-2-23-10-8-15(21)20-9-7-14(11-20)19-16(22)18-13-5-3-12(17)4-6-13/h3-6,14H,2,7-11H2,1H3,(H2,18,19,22). The van der Waals surface area contributed by atoms with Gasteiger partial charge in [-0.25, -0.2) is 9.18 Å². The molecule has 3 amide bonds. The second-order valence-electron chi connectivity index (χ2n) is 5.38. The number of hydrogen-bond acceptors (Lipinski definition) is 3. The van der Waals surface area contributed by atoms with Gasteiger partial charge in [0.05, 0.1) is 0 Å². The number of halogens is 1. The Hall–Kier alpha value is -1.76. The molecule has 1 atom stereocenters. The molecule has 0 spiro atoms. The number of carbonyl (C=O) groups is 2. The van der Waals surface area contributed by atoms with Gasteiger partial charge in [0.25, 0.3) is 0 Å². The minimum Gasteiger partial charge on any atom is -0.341 e. The molecule has 2 N–H and O–H groups in total. The van der Waals surface area contributed by atoms with E-state index in [1.165, 1.54) is 24.3 Å². The summed E-state index contributed by atoms with van der Waals surface area (Å²) in [6.45, 7) is 3.30. The lowest BCUT2D eigenvalue weighted by atomic mass is 10.3. The highest BCUT2D eigenvalue weighted by atomic mass is 32.2. The molecule has 0 aliphatic carbocycles. The van der Waals surface area contributed by atoms with Crippen molar-refractivity contribution < 1.29 is 14.0 Å². The zero-order valence-corrected chi connectivity index (χ0v) is 14.0. The maximum absolute atomic E-state index is 12.8. The van der Waals surface area contributed by atoms with E-state index in [4.69, 9.17) is 0 Å². The summed E-state index contributed by atoms with van der Waals surface area (Å²) in [5.74, 6) is 1.66. The molecule has 0 aromatic heterocycles. The zero-order chi connectivity index (χ0) is 16.7. The van der Waals surface area contributed by atoms with E-state index in [9.17, 15) is 14.0 Å². The maximum atomic E-state index is 12.8. The molecule has 1 saturated heterocycles. The van der Waals surface area contributed by atoms with Crippen LogP contribution in [0.3, 0.4) is 0 Å². The summed E-state index contributed by atoms with van der Waals surface area (Å²) >= 11 is 1.75. The Kier molecular flexibility index (Phi) is 6.70. The van der Waals surface area contributed by atoms with Crippen molar-refractivity contribution in [2.75, 3.05) is 29.9 Å². The molecule has 1 aromatic rings. The van der Waals surface area contributed by atoms with Crippen LogP contribution in [0.1, 0.15) is 19.8 Å². The van der Waals surface area contributed by atoms with E-state index in [2.05, 4.69) is 17.6 Å². The number of nitrogens with zero attached hydrogens (tertiary/aromatic N) is 1. The second kappa shape index (κ2) is 8.76. The van der Waals surface area contributed by atoms with Crippen LogP contribution in [-0.4, -0.2) is 47.5 Å². The fraction of sp³-hybridized carbons (Fsp3) is 0.500. The van der Waals surface area contributed by atoms with Gasteiger partial charge in [-0.15, -0.1) is 0 Å². The van der Waals surface area contributed by atoms with Crippen LogP contribution < -0.4 is 10.6 Å². The molecule has 1 unspecified atom stereocenters. The molecule has 1 heterocycles. The molecule has 1 fully saturated rings. The third-order valence-corrected chi connectivity index (χ3v) is 4.54. The van der Waals surface area contributed by atoms with Gasteiger partial charge in [-0.1, -0.05) is 6.92 Å². The van der Waals surface area contributed by atoms with Gasteiger partial charge in [0.15, 0.2) is 0 Å². The molecule has 5 nitrogen and oxygen atoms in total. The molecule has 0 bridgehead atoms. The lowest BCUT2D eigenvalue weighted by Gasteiger charge is -2.17. The van der Waals surface area contributed by atoms with Crippen LogP contribution in [0.25, 0.3) is 0 Å². The van der Waals surface area contributed by atoms with Crippen molar-refractivity contribution in [1.82, 2.24) is 10.2 Å². The van der Waals surface area contributed by atoms with Crippen LogP contribution in [0, 0.1) is 5.82 Å². The van der Waals surface area contributed by atoms with Crippen LogP contribution in [0.2, 0.25) is 0 Å². The number of likely N-dealkylation sites (tertiary alicyclic amines) is 1. The highest BCUT2D eigenvalue weighted by Crippen LogP contribution is 2.13. The van der Waals surface area contributed by atoms with E-state index >= 15 is 0 Å². The van der Waals surface area contributed by atoms with E-state index in [0.717, 1.165) is 17.9 Å². The van der Waals surface area contributed by atoms with Gasteiger partial charge in [0, 0.05) is 37.0 Å². The summed E-state index contributed by atoms with van der Waals surface area (Å²) in [7, 11) is 0. The smallest absolute Gasteiger partial charge is 0.319 e. The molecule has 0 radical (unpaired) electrons. The first-order valence-corrected chi connectivity index (χ1v) is 8.92. The van der Waals surface area contributed by atoms with E-state index in [1.54, 1.807) is 16.7 Å². The zero-order valence-electron chi connectivity index (χ0n) is 13.2. The topological polar surface area (TPSA) is 61.4 Å². The number of rotatable bonds is 6. The van der Waals surface area contributed by atoms with Crippen molar-refractivity contribution in [3.63, 3.8) is 0 Å². The summed E-state index contributed by atoms with van der Waals surface area (Å²) in [6, 6.07) is 5.21. The van der Waals surface area contributed by atoms with Gasteiger partial charge in [-0.3, -0.25) is 4.79 Å². The van der Waals surface area contributed by atoms with Crippen molar-refractivity contribution in [3.8, 4) is 0 Å². The number of nitrogens with one attached hydrogen (secondary N) is 2. The quantitative estimate of drug-likeness (QED) is 0.784. The number of benzene rings is 1. The van der Waals surface area contributed by atoms with Gasteiger partial charge in [0.1, 0.15) is 5.82 Å². The Labute approximate surface area is 140 Å². The first-order valence-electron chi connectivity index (χ1n) is 7.77. The molecule has 1 aromatic carbocycles. The van der Waals surface area contributed by atoms with E-state index in [1.807, 2.05) is 0 Å². The first kappa shape index (κ1) is 17.6. The van der Waals surface area contributed by atoms with Gasteiger partial charge in [-0.2, -0.15) is 11.8 Å². The Balaban J connectivity index is 1.73. The summed E-state index contributed by atoms with van der Waals surface area (Å²) in [6.07, 6.45) is 1.30. The highest BCUT2D eigenvalue weighted by molar-refractivity contribution is 7.99. The number of thioether (sulfide) groups is 1. The number of hydrogen-bond donors (Lipinski definition) is 2. The Morgan fingerprint density at radius 3 is 2.78 bits per heavy atom. The predicted octanol–water partition coefficient (Wildman–Crippen LogP) is 2.69. The number of anilines is 1. The molecule has 0 saturated carbocycles. The summed E-state index contributed by atoms with van der Waals surface area (Å²) in [5.41, 5.74) is 0.534. The molecule has 7 heteroatoms. The monoisotopic (exact) mass is 339 g/mol. The van der Waals surface area contributed by atoms with Crippen molar-refractivity contribution in [2.24, 2.45) is 0 Å². The molecule has 126 valence electrons. The molecular weight excluding hydrogens is 317 g/mol. The second-order valence-corrected chi connectivity index (χ2v) is 6.77. The van der Waals surface area contributed by atoms with Crippen molar-refractivity contribution >= 4 is 29.4 Å². The number of carbonyl (C=O) groups excluding carboxylic acids is 2. The SMILES string of the molecule is CCSCCC(=O)N1CCC(NC(=O)Nc2ccc(F)cc2)C1. The van der Waals surface area contributed by atoms with Gasteiger partial charge in [-0.05, 0) is 36.4 Å². The molecule has 1 aliphatic rings. The van der Waals surface area contributed by atoms with Crippen molar-refractivity contribution in [2.45, 2.75) is 25.8 Å². The minimum atomic E-state index is -0.345. The fourth-order valence-electron chi connectivity index (χ4n) is 2.45. The summed E-state index contributed by atoms with van der Waals surface area (Å²) in [4.78, 5) is 25.7. The van der Waals surface area contributed by atoms with Crippen LogP contribution in [0.4, 0.5) is 14.9 Å². The largest absolute Gasteiger partial charge is 0.341 e. The lowest BCUT2D eigenvalue weighted by molar-refractivity contribution is -0.129. The fourth-order valence-corrected chi connectivity index (χ4v) is 3.06. The third-order valence-electron chi connectivity index (χ3n) is 3.64. The molecule has 2 rings (SSSR count). The average molecular weight is 339 g/mol. The van der Waals surface area contributed by atoms with E-state index < -0.39 is 0 Å². The van der Waals surface area contributed by atoms with E-state index in [-0.39, 0.29) is 23.8 Å². The molecule has 1 aliphatic heterocycles. The van der Waals surface area contributed by atoms with Gasteiger partial charge >= 0.3 is 6.03 Å². The van der Waals surface area contributed by atoms with Crippen LogP contribution in [-0.2, 0) is 4.79 Å². The van der Waals surface area contributed by atoms with E-state index in [0.29, 0.717) is 25.2 Å². The number of amides is 3. The summed E-state index contributed by atoms with van der Waals surface area (Å²) < 4.78 is 12.8. The van der Waals surface area contributed by atoms with Crippen molar-refractivity contribution in [3.05, 3.63) is 30.1 Å². The third kappa shape index (κ3) is 5.74. The number of urea groups is 1. The molecule has 23 heavy (non-hydrogen) atoms. The van der Waals surface area contributed by atoms with Crippen LogP contribution >= 0.6 is 11.8 Å². The Morgan fingerprint density at radius 2 is 2.09 bits per heavy atom. The molecular formula is C16H22FN3O2S. The van der Waals surface area contributed by atoms with Crippen LogP contribution in [0.15, 0.2) is 24.3 Å². The van der Waals surface area contributed by atoms with Crippen LogP contribution in [0.5, 0.6) is 0 Å². The van der Waals surface area contributed by atoms with Gasteiger partial charge < -0.3 is 15.5 Å². The van der Waals surface area contributed by atoms with Gasteiger partial charge in [0.2, 0.25) is 5.91 Å². The van der Waals surface area contributed by atoms with Crippen molar-refractivity contribution in [1.29, 1.82) is 0 Å². The Morgan fingerprint density at radius 1 is 1.35 bits per heavy atom. The Bertz CT molecular complexity index is 539. The minimum absolute atomic E-state index is 0.0433. The highest BCUT2D eigenvalue weighted by Gasteiger charge is 2.26. The normalized spacial score (nSPS) is 17.1. The lowest BCUT2D eigenvalue weighted by Crippen LogP contribution is -2.40. The average Bonchev–Trinajstić information content (AvgIpc) is 2.98. The predicted molar refractivity (Wildman–Crippen MR) is 91.2 cm³/mol. The summed E-state index contributed by atoms with van der Waals surface area (Å²) in [5, 5.41) is 5.51.